The van der Waals surface area contributed by atoms with Crippen molar-refractivity contribution >= 4 is 27.7 Å². The van der Waals surface area contributed by atoms with E-state index in [-0.39, 0.29) is 67.6 Å². The molecule has 140 valence electrons. The van der Waals surface area contributed by atoms with Gasteiger partial charge in [-0.3, -0.25) is 19.3 Å². The van der Waals surface area contributed by atoms with Crippen LogP contribution in [0.3, 0.4) is 0 Å². The first-order chi connectivity index (χ1) is 12.3. The molecule has 0 aliphatic carbocycles. The van der Waals surface area contributed by atoms with Crippen molar-refractivity contribution < 1.29 is 27.2 Å². The van der Waals surface area contributed by atoms with Crippen LogP contribution in [0.5, 0.6) is 0 Å². The molecule has 0 radical (unpaired) electrons. The minimum atomic E-state index is -3.89. The number of nitrogens with zero attached hydrogens (tertiary/aromatic N) is 2. The van der Waals surface area contributed by atoms with E-state index in [9.17, 15) is 27.2 Å². The number of hydrogen-bond donors (Lipinski definition) is 1. The molecule has 0 unspecified atom stereocenters. The molecule has 10 heteroatoms. The van der Waals surface area contributed by atoms with Crippen LogP contribution < -0.4 is 4.72 Å². The molecule has 1 aromatic rings. The van der Waals surface area contributed by atoms with Crippen LogP contribution >= 0.6 is 0 Å². The minimum absolute atomic E-state index is 0.0663. The molecular formula is C16H18FN3O5S. The lowest BCUT2D eigenvalue weighted by atomic mass is 10.1. The summed E-state index contributed by atoms with van der Waals surface area (Å²) < 4.78 is 39.4. The molecule has 0 atom stereocenters. The Morgan fingerprint density at radius 1 is 1.19 bits per heavy atom. The van der Waals surface area contributed by atoms with Crippen molar-refractivity contribution in [2.45, 2.75) is 30.2 Å². The van der Waals surface area contributed by atoms with Gasteiger partial charge >= 0.3 is 0 Å². The summed E-state index contributed by atoms with van der Waals surface area (Å²) >= 11 is 0. The molecule has 26 heavy (non-hydrogen) atoms. The average Bonchev–Trinajstić information content (AvgIpc) is 2.86. The van der Waals surface area contributed by atoms with E-state index >= 15 is 0 Å². The van der Waals surface area contributed by atoms with Crippen molar-refractivity contribution in [2.75, 3.05) is 19.6 Å². The highest BCUT2D eigenvalue weighted by Gasteiger charge is 2.42. The number of imide groups is 1. The van der Waals surface area contributed by atoms with Gasteiger partial charge in [0, 0.05) is 38.9 Å². The molecule has 1 aromatic carbocycles. The monoisotopic (exact) mass is 383 g/mol. The van der Waals surface area contributed by atoms with Crippen LogP contribution in [0, 0.1) is 5.82 Å². The number of likely N-dealkylation sites (tertiary alicyclic amines) is 2. The molecule has 3 amide bonds. The third-order valence-corrected chi connectivity index (χ3v) is 5.87. The third kappa shape index (κ3) is 3.75. The van der Waals surface area contributed by atoms with Gasteiger partial charge in [0.05, 0.1) is 10.9 Å². The molecule has 0 bridgehead atoms. The summed E-state index contributed by atoms with van der Waals surface area (Å²) in [5.41, 5.74) is 0. The van der Waals surface area contributed by atoms with Crippen LogP contribution in [-0.4, -0.2) is 61.6 Å². The number of sulfonamides is 1. The van der Waals surface area contributed by atoms with Gasteiger partial charge in [-0.1, -0.05) is 6.07 Å². The van der Waals surface area contributed by atoms with Gasteiger partial charge in [-0.15, -0.1) is 0 Å². The maximum Gasteiger partial charge on any atom is 0.240 e. The highest BCUT2D eigenvalue weighted by atomic mass is 32.2. The molecule has 8 nitrogen and oxygen atoms in total. The smallest absolute Gasteiger partial charge is 0.240 e. The van der Waals surface area contributed by atoms with Gasteiger partial charge in [0.15, 0.2) is 0 Å². The van der Waals surface area contributed by atoms with Crippen LogP contribution in [0.2, 0.25) is 0 Å². The molecule has 0 aromatic heterocycles. The van der Waals surface area contributed by atoms with E-state index in [0.29, 0.717) is 0 Å². The summed E-state index contributed by atoms with van der Waals surface area (Å²) in [5.74, 6) is -1.37. The van der Waals surface area contributed by atoms with Gasteiger partial charge in [0.2, 0.25) is 27.7 Å². The van der Waals surface area contributed by atoms with Gasteiger partial charge in [-0.2, -0.15) is 0 Å². The zero-order chi connectivity index (χ0) is 18.9. The Balaban J connectivity index is 1.45. The zero-order valence-electron chi connectivity index (χ0n) is 13.9. The third-order valence-electron chi connectivity index (χ3n) is 4.41. The van der Waals surface area contributed by atoms with Gasteiger partial charge in [-0.05, 0) is 18.2 Å². The molecule has 3 rings (SSSR count). The Bertz CT molecular complexity index is 835. The minimum Gasteiger partial charge on any atom is -0.338 e. The maximum absolute atomic E-state index is 13.1. The fourth-order valence-electron chi connectivity index (χ4n) is 2.99. The molecule has 2 aliphatic rings. The average molecular weight is 383 g/mol. The first-order valence-corrected chi connectivity index (χ1v) is 9.64. The molecule has 2 aliphatic heterocycles. The quantitative estimate of drug-likeness (QED) is 0.689. The lowest BCUT2D eigenvalue weighted by Gasteiger charge is -2.43. The van der Waals surface area contributed by atoms with E-state index in [4.69, 9.17) is 0 Å². The summed E-state index contributed by atoms with van der Waals surface area (Å²) in [4.78, 5) is 37.8. The van der Waals surface area contributed by atoms with E-state index < -0.39 is 15.8 Å². The first kappa shape index (κ1) is 18.5. The van der Waals surface area contributed by atoms with Gasteiger partial charge in [0.1, 0.15) is 5.82 Å². The van der Waals surface area contributed by atoms with Crippen molar-refractivity contribution in [3.05, 3.63) is 30.1 Å². The molecule has 2 heterocycles. The lowest BCUT2D eigenvalue weighted by Crippen LogP contribution is -2.62. The second-order valence-corrected chi connectivity index (χ2v) is 7.98. The van der Waals surface area contributed by atoms with Crippen LogP contribution in [-0.2, 0) is 24.4 Å². The Labute approximate surface area is 150 Å². The molecule has 0 saturated carbocycles. The van der Waals surface area contributed by atoms with Crippen LogP contribution in [0.15, 0.2) is 29.2 Å². The van der Waals surface area contributed by atoms with Gasteiger partial charge in [0.25, 0.3) is 0 Å². The molecule has 1 N–H and O–H groups in total. The number of hydrogen-bond acceptors (Lipinski definition) is 5. The van der Waals surface area contributed by atoms with E-state index in [1.54, 1.807) is 0 Å². The maximum atomic E-state index is 13.1. The highest BCUT2D eigenvalue weighted by molar-refractivity contribution is 7.89. The summed E-state index contributed by atoms with van der Waals surface area (Å²) in [5, 5.41) is 0. The van der Waals surface area contributed by atoms with Gasteiger partial charge in [-0.25, -0.2) is 17.5 Å². The topological polar surface area (TPSA) is 104 Å². The first-order valence-electron chi connectivity index (χ1n) is 8.16. The number of carbonyl (C=O) groups is 3. The predicted molar refractivity (Wildman–Crippen MR) is 87.7 cm³/mol. The Kier molecular flexibility index (Phi) is 5.05. The largest absolute Gasteiger partial charge is 0.338 e. The van der Waals surface area contributed by atoms with Gasteiger partial charge < -0.3 is 4.90 Å². The van der Waals surface area contributed by atoms with Crippen molar-refractivity contribution in [1.82, 2.24) is 14.5 Å². The Hall–Kier alpha value is -2.33. The number of nitrogens with one attached hydrogen (secondary N) is 1. The number of rotatable bonds is 6. The molecule has 0 spiro atoms. The fourth-order valence-corrected chi connectivity index (χ4v) is 4.05. The van der Waals surface area contributed by atoms with Crippen molar-refractivity contribution in [1.29, 1.82) is 0 Å². The second kappa shape index (κ2) is 7.12. The summed E-state index contributed by atoms with van der Waals surface area (Å²) in [6.45, 7) is 0.417. The summed E-state index contributed by atoms with van der Waals surface area (Å²) in [6.07, 6.45) is 0.361. The molecule has 2 fully saturated rings. The number of amides is 3. The lowest BCUT2D eigenvalue weighted by molar-refractivity contribution is -0.151. The van der Waals surface area contributed by atoms with Crippen LogP contribution in [0.4, 0.5) is 4.39 Å². The standard InChI is InChI=1S/C16H18FN3O5S/c17-11-2-1-3-13(8-11)26(24,25)18-7-6-14(21)19-9-12(10-19)20-15(22)4-5-16(20)23/h1-3,8,12,18H,4-7,9-10H2. The second-order valence-electron chi connectivity index (χ2n) is 6.22. The SMILES string of the molecule is O=C(CCNS(=O)(=O)c1cccc(F)c1)N1CC(N2C(=O)CCC2=O)C1. The normalized spacial score (nSPS) is 18.3. The number of benzene rings is 1. The summed E-state index contributed by atoms with van der Waals surface area (Å²) in [6, 6.07) is 4.30. The van der Waals surface area contributed by atoms with E-state index in [1.807, 2.05) is 0 Å². The van der Waals surface area contributed by atoms with E-state index in [0.717, 1.165) is 12.1 Å². The summed E-state index contributed by atoms with van der Waals surface area (Å²) in [7, 11) is -3.89. The number of halogens is 1. The van der Waals surface area contributed by atoms with Crippen molar-refractivity contribution in [2.24, 2.45) is 0 Å². The Morgan fingerprint density at radius 2 is 1.85 bits per heavy atom. The molecule has 2 saturated heterocycles. The fraction of sp³-hybridized carbons (Fsp3) is 0.438. The predicted octanol–water partition coefficient (Wildman–Crippen LogP) is -0.146. The highest BCUT2D eigenvalue weighted by Crippen LogP contribution is 2.22. The van der Waals surface area contributed by atoms with E-state index in [1.165, 1.54) is 21.9 Å². The Morgan fingerprint density at radius 3 is 2.46 bits per heavy atom. The zero-order valence-corrected chi connectivity index (χ0v) is 14.7. The van der Waals surface area contributed by atoms with E-state index in [2.05, 4.69) is 4.72 Å². The molecular weight excluding hydrogens is 365 g/mol. The van der Waals surface area contributed by atoms with Crippen molar-refractivity contribution in [3.63, 3.8) is 0 Å². The van der Waals surface area contributed by atoms with Crippen LogP contribution in [0.1, 0.15) is 19.3 Å². The number of carbonyl (C=O) groups excluding carboxylic acids is 3. The van der Waals surface area contributed by atoms with Crippen molar-refractivity contribution in [3.8, 4) is 0 Å². The van der Waals surface area contributed by atoms with Crippen LogP contribution in [0.25, 0.3) is 0 Å².